The Bertz CT molecular complexity index is 1200. The summed E-state index contributed by atoms with van der Waals surface area (Å²) in [7, 11) is 3.03. The highest BCUT2D eigenvalue weighted by Gasteiger charge is 2.45. The van der Waals surface area contributed by atoms with Crippen LogP contribution in [0.4, 0.5) is 0 Å². The number of esters is 2. The molecule has 0 amide bonds. The van der Waals surface area contributed by atoms with Gasteiger partial charge in [-0.15, -0.1) is 0 Å². The van der Waals surface area contributed by atoms with Crippen molar-refractivity contribution in [1.82, 2.24) is 0 Å². The maximum Gasteiger partial charge on any atom is 0.342 e. The van der Waals surface area contributed by atoms with Crippen LogP contribution in [0.1, 0.15) is 53.0 Å². The molecular weight excluding hydrogens is 504 g/mol. The molecule has 0 radical (unpaired) electrons. The van der Waals surface area contributed by atoms with E-state index in [9.17, 15) is 9.59 Å². The lowest BCUT2D eigenvalue weighted by atomic mass is 10.0. The highest BCUT2D eigenvalue weighted by molar-refractivity contribution is 5.97. The lowest BCUT2D eigenvalue weighted by Gasteiger charge is -2.24. The van der Waals surface area contributed by atoms with Crippen LogP contribution in [-0.2, 0) is 23.7 Å². The summed E-state index contributed by atoms with van der Waals surface area (Å²) in [5.41, 5.74) is 1.26. The second kappa shape index (κ2) is 12.9. The molecule has 2 aromatic carbocycles. The number of benzene rings is 2. The Kier molecular flexibility index (Phi) is 9.40. The molecule has 1 saturated heterocycles. The molecule has 9 nitrogen and oxygen atoms in total. The van der Waals surface area contributed by atoms with E-state index in [1.54, 1.807) is 54.6 Å². The van der Waals surface area contributed by atoms with Gasteiger partial charge in [-0.25, -0.2) is 9.59 Å². The van der Waals surface area contributed by atoms with Crippen LogP contribution in [0.3, 0.4) is 0 Å². The SMILES string of the molecule is COCOc1cc(OC)cc2c1C(=O)OCC/C=C\C(OC(=O)c1ccccc1)C1OC(C)(C)O[C@@H]1C/C=C/2. The van der Waals surface area contributed by atoms with Gasteiger partial charge < -0.3 is 33.2 Å². The Labute approximate surface area is 228 Å². The average molecular weight is 539 g/mol. The molecule has 1 fully saturated rings. The summed E-state index contributed by atoms with van der Waals surface area (Å²) in [5, 5.41) is 0. The van der Waals surface area contributed by atoms with Gasteiger partial charge in [-0.05, 0) is 56.5 Å². The van der Waals surface area contributed by atoms with Gasteiger partial charge in [0.1, 0.15) is 29.3 Å². The van der Waals surface area contributed by atoms with Crippen LogP contribution in [0.2, 0.25) is 0 Å². The number of rotatable bonds is 6. The fraction of sp³-hybridized carbons (Fsp3) is 0.400. The smallest absolute Gasteiger partial charge is 0.342 e. The van der Waals surface area contributed by atoms with E-state index < -0.39 is 36.0 Å². The standard InChI is InChI=1S/C30H34O9/c1-30(2)38-24-15-10-13-21-17-22(34-4)18-25(36-19-33-3)26(21)29(32)35-16-9-8-14-23(27(24)39-30)37-28(31)20-11-6-5-7-12-20/h5-8,10-14,17-18,23-24,27H,9,15-16,19H2,1-4H3/b13-10+,14-8-/t23?,24-,27?/m1/s1. The maximum atomic E-state index is 13.1. The van der Waals surface area contributed by atoms with Gasteiger partial charge in [0.05, 0.1) is 25.4 Å². The molecule has 2 aromatic rings. The van der Waals surface area contributed by atoms with E-state index >= 15 is 0 Å². The van der Waals surface area contributed by atoms with Crippen molar-refractivity contribution in [1.29, 1.82) is 0 Å². The third-order valence-electron chi connectivity index (χ3n) is 6.19. The predicted molar refractivity (Wildman–Crippen MR) is 143 cm³/mol. The van der Waals surface area contributed by atoms with Crippen LogP contribution in [-0.4, -0.2) is 63.7 Å². The van der Waals surface area contributed by atoms with Crippen molar-refractivity contribution >= 4 is 18.0 Å². The van der Waals surface area contributed by atoms with Crippen LogP contribution < -0.4 is 9.47 Å². The molecule has 2 unspecified atom stereocenters. The van der Waals surface area contributed by atoms with Crippen molar-refractivity contribution in [2.45, 2.75) is 50.8 Å². The zero-order chi connectivity index (χ0) is 27.8. The molecule has 0 bridgehead atoms. The predicted octanol–water partition coefficient (Wildman–Crippen LogP) is 4.94. The van der Waals surface area contributed by atoms with Crippen LogP contribution in [0, 0.1) is 0 Å². The fourth-order valence-corrected chi connectivity index (χ4v) is 4.47. The lowest BCUT2D eigenvalue weighted by molar-refractivity contribution is -0.152. The molecule has 9 heteroatoms. The number of hydrogen-bond acceptors (Lipinski definition) is 9. The molecule has 3 atom stereocenters. The topological polar surface area (TPSA) is 98.8 Å². The van der Waals surface area contributed by atoms with Crippen LogP contribution >= 0.6 is 0 Å². The number of fused-ring (bicyclic) bond motifs is 2. The molecule has 2 aliphatic rings. The first-order valence-corrected chi connectivity index (χ1v) is 12.8. The van der Waals surface area contributed by atoms with Gasteiger partial charge in [0.2, 0.25) is 0 Å². The highest BCUT2D eigenvalue weighted by Crippen LogP contribution is 2.35. The van der Waals surface area contributed by atoms with E-state index in [0.717, 1.165) is 0 Å². The van der Waals surface area contributed by atoms with Gasteiger partial charge in [-0.1, -0.05) is 36.4 Å². The zero-order valence-corrected chi connectivity index (χ0v) is 22.6. The van der Waals surface area contributed by atoms with E-state index in [2.05, 4.69) is 0 Å². The molecule has 2 heterocycles. The third kappa shape index (κ3) is 7.26. The normalized spacial score (nSPS) is 24.3. The van der Waals surface area contributed by atoms with Gasteiger partial charge in [0.25, 0.3) is 0 Å². The fourth-order valence-electron chi connectivity index (χ4n) is 4.47. The first-order chi connectivity index (χ1) is 18.8. The zero-order valence-electron chi connectivity index (χ0n) is 22.6. The lowest BCUT2D eigenvalue weighted by Crippen LogP contribution is -2.37. The maximum absolute atomic E-state index is 13.1. The Morgan fingerprint density at radius 2 is 1.87 bits per heavy atom. The van der Waals surface area contributed by atoms with Crippen molar-refractivity contribution in [3.8, 4) is 11.5 Å². The van der Waals surface area contributed by atoms with Crippen molar-refractivity contribution in [2.75, 3.05) is 27.6 Å². The first-order valence-electron chi connectivity index (χ1n) is 12.8. The molecule has 0 aromatic heterocycles. The number of carbonyl (C=O) groups is 2. The summed E-state index contributed by atoms with van der Waals surface area (Å²) >= 11 is 0. The van der Waals surface area contributed by atoms with E-state index in [-0.39, 0.29) is 24.7 Å². The van der Waals surface area contributed by atoms with Gasteiger partial charge in [-0.3, -0.25) is 0 Å². The van der Waals surface area contributed by atoms with E-state index in [1.165, 1.54) is 14.2 Å². The average Bonchev–Trinajstić information content (AvgIpc) is 3.24. The van der Waals surface area contributed by atoms with Crippen molar-refractivity contribution in [3.05, 3.63) is 77.4 Å². The largest absolute Gasteiger partial charge is 0.497 e. The molecule has 4 rings (SSSR count). The van der Waals surface area contributed by atoms with Gasteiger partial charge in [0.15, 0.2) is 12.6 Å². The second-order valence-corrected chi connectivity index (χ2v) is 9.51. The number of carbonyl (C=O) groups excluding carboxylic acids is 2. The molecule has 0 N–H and O–H groups in total. The molecule has 0 spiro atoms. The number of cyclic esters (lactones) is 1. The molecule has 208 valence electrons. The minimum Gasteiger partial charge on any atom is -0.497 e. The third-order valence-corrected chi connectivity index (χ3v) is 6.19. The second-order valence-electron chi connectivity index (χ2n) is 9.51. The number of hydrogen-bond donors (Lipinski definition) is 0. The number of ether oxygens (including phenoxy) is 7. The van der Waals surface area contributed by atoms with Crippen molar-refractivity contribution in [2.24, 2.45) is 0 Å². The molecule has 0 saturated carbocycles. The minimum absolute atomic E-state index is 0.0492. The summed E-state index contributed by atoms with van der Waals surface area (Å²) in [6.07, 6.45) is 6.32. The van der Waals surface area contributed by atoms with Crippen LogP contribution in [0.5, 0.6) is 11.5 Å². The molecule has 2 aliphatic heterocycles. The van der Waals surface area contributed by atoms with Gasteiger partial charge in [0, 0.05) is 13.2 Å². The summed E-state index contributed by atoms with van der Waals surface area (Å²) in [6, 6.07) is 12.1. The van der Waals surface area contributed by atoms with Crippen molar-refractivity contribution < 1.29 is 42.7 Å². The Hall–Kier alpha value is -3.66. The minimum atomic E-state index is -0.885. The van der Waals surface area contributed by atoms with E-state index in [1.807, 2.05) is 26.0 Å². The number of methoxy groups -OCH3 is 2. The van der Waals surface area contributed by atoms with E-state index in [0.29, 0.717) is 29.7 Å². The first kappa shape index (κ1) is 28.4. The van der Waals surface area contributed by atoms with Crippen molar-refractivity contribution in [3.63, 3.8) is 0 Å². The van der Waals surface area contributed by atoms with Crippen LogP contribution in [0.25, 0.3) is 6.08 Å². The Morgan fingerprint density at radius 1 is 1.08 bits per heavy atom. The Morgan fingerprint density at radius 3 is 2.62 bits per heavy atom. The molecule has 0 aliphatic carbocycles. The van der Waals surface area contributed by atoms with Gasteiger partial charge in [-0.2, -0.15) is 0 Å². The van der Waals surface area contributed by atoms with Gasteiger partial charge >= 0.3 is 11.9 Å². The molecular formula is C30H34O9. The quantitative estimate of drug-likeness (QED) is 0.288. The monoisotopic (exact) mass is 538 g/mol. The molecule has 39 heavy (non-hydrogen) atoms. The summed E-state index contributed by atoms with van der Waals surface area (Å²) < 4.78 is 40.0. The summed E-state index contributed by atoms with van der Waals surface area (Å²) in [5.74, 6) is -1.10. The highest BCUT2D eigenvalue weighted by atomic mass is 16.8. The van der Waals surface area contributed by atoms with Crippen LogP contribution in [0.15, 0.2) is 60.7 Å². The Balaban J connectivity index is 1.67. The summed E-state index contributed by atoms with van der Waals surface area (Å²) in [6.45, 7) is 3.70. The van der Waals surface area contributed by atoms with E-state index in [4.69, 9.17) is 33.2 Å². The summed E-state index contributed by atoms with van der Waals surface area (Å²) in [4.78, 5) is 26.1.